The number of nitrogens with two attached hydrogens (primary N) is 1. The molecule has 1 saturated carbocycles. The van der Waals surface area contributed by atoms with Crippen molar-refractivity contribution in [1.82, 2.24) is 5.32 Å². The molecule has 3 atom stereocenters. The van der Waals surface area contributed by atoms with Crippen LogP contribution in [-0.2, 0) is 4.74 Å². The van der Waals surface area contributed by atoms with Crippen LogP contribution in [0.25, 0.3) is 0 Å². The van der Waals surface area contributed by atoms with E-state index in [-0.39, 0.29) is 12.9 Å². The summed E-state index contributed by atoms with van der Waals surface area (Å²) in [5, 5.41) is 6.88. The highest BCUT2D eigenvalue weighted by atomic mass is 16.7. The molecule has 1 aromatic carbocycles. The van der Waals surface area contributed by atoms with Gasteiger partial charge in [-0.25, -0.2) is 0 Å². The van der Waals surface area contributed by atoms with Gasteiger partial charge in [-0.2, -0.15) is 0 Å². The third kappa shape index (κ3) is 5.08. The minimum atomic E-state index is 0.264. The van der Waals surface area contributed by atoms with Gasteiger partial charge in [-0.1, -0.05) is 6.42 Å². The van der Waals surface area contributed by atoms with Crippen LogP contribution in [0.1, 0.15) is 38.5 Å². The molecule has 2 aliphatic heterocycles. The van der Waals surface area contributed by atoms with Crippen molar-refractivity contribution in [3.8, 4) is 11.5 Å². The molecule has 3 aliphatic rings. The average Bonchev–Trinajstić information content (AvgIpc) is 3.41. The zero-order valence-electron chi connectivity index (χ0n) is 16.5. The maximum Gasteiger partial charge on any atom is 0.231 e. The number of aliphatic imine (C=N–C) groups is 1. The molecule has 1 aliphatic carbocycles. The molecule has 0 aromatic heterocycles. The second-order valence-electron chi connectivity index (χ2n) is 8.03. The molecule has 28 heavy (non-hydrogen) atoms. The van der Waals surface area contributed by atoms with Crippen LogP contribution in [0.2, 0.25) is 0 Å². The first-order chi connectivity index (χ1) is 13.8. The van der Waals surface area contributed by atoms with E-state index in [9.17, 15) is 0 Å². The van der Waals surface area contributed by atoms with Gasteiger partial charge in [0.1, 0.15) is 0 Å². The van der Waals surface area contributed by atoms with Crippen molar-refractivity contribution in [2.75, 3.05) is 38.4 Å². The van der Waals surface area contributed by atoms with Gasteiger partial charge in [0.05, 0.1) is 6.10 Å². The van der Waals surface area contributed by atoms with Crippen molar-refractivity contribution >= 4 is 11.6 Å². The molecule has 7 nitrogen and oxygen atoms in total. The summed E-state index contributed by atoms with van der Waals surface area (Å²) in [5.74, 6) is 3.61. The summed E-state index contributed by atoms with van der Waals surface area (Å²) in [5.41, 5.74) is 6.83. The molecule has 7 heteroatoms. The lowest BCUT2D eigenvalue weighted by atomic mass is 9.81. The smallest absolute Gasteiger partial charge is 0.231 e. The SMILES string of the molecule is NCC1CCCC(CN=C(NCC2CCCO2)Nc2ccc3c(c2)OCO3)C1. The van der Waals surface area contributed by atoms with Crippen LogP contribution in [0.4, 0.5) is 5.69 Å². The minimum absolute atomic E-state index is 0.264. The van der Waals surface area contributed by atoms with E-state index in [2.05, 4.69) is 10.6 Å². The number of benzene rings is 1. The molecule has 0 bridgehead atoms. The Hall–Kier alpha value is -1.99. The molecule has 3 unspecified atom stereocenters. The molecule has 0 radical (unpaired) electrons. The van der Waals surface area contributed by atoms with E-state index in [4.69, 9.17) is 24.9 Å². The Kier molecular flexibility index (Phi) is 6.54. The summed E-state index contributed by atoms with van der Waals surface area (Å²) in [4.78, 5) is 4.89. The first-order valence-corrected chi connectivity index (χ1v) is 10.6. The molecule has 154 valence electrons. The van der Waals surface area contributed by atoms with Crippen molar-refractivity contribution in [2.45, 2.75) is 44.6 Å². The topological polar surface area (TPSA) is 90.1 Å². The molecular weight excluding hydrogens is 356 g/mol. The Bertz CT molecular complexity index is 676. The molecule has 4 rings (SSSR count). The lowest BCUT2D eigenvalue weighted by Gasteiger charge is -2.27. The molecule has 2 fully saturated rings. The monoisotopic (exact) mass is 388 g/mol. The molecule has 0 spiro atoms. The van der Waals surface area contributed by atoms with Crippen molar-refractivity contribution < 1.29 is 14.2 Å². The molecule has 2 heterocycles. The van der Waals surface area contributed by atoms with Gasteiger partial charge in [0.15, 0.2) is 17.5 Å². The Morgan fingerprint density at radius 2 is 2.00 bits per heavy atom. The predicted molar refractivity (Wildman–Crippen MR) is 110 cm³/mol. The van der Waals surface area contributed by atoms with E-state index < -0.39 is 0 Å². The average molecular weight is 389 g/mol. The number of hydrogen-bond donors (Lipinski definition) is 3. The summed E-state index contributed by atoms with van der Waals surface area (Å²) in [7, 11) is 0. The van der Waals surface area contributed by atoms with Crippen LogP contribution >= 0.6 is 0 Å². The quantitative estimate of drug-likeness (QED) is 0.513. The second-order valence-corrected chi connectivity index (χ2v) is 8.03. The van der Waals surface area contributed by atoms with Gasteiger partial charge in [0, 0.05) is 31.5 Å². The zero-order chi connectivity index (χ0) is 19.2. The number of anilines is 1. The number of nitrogens with zero attached hydrogens (tertiary/aromatic N) is 1. The Morgan fingerprint density at radius 1 is 1.11 bits per heavy atom. The fourth-order valence-corrected chi connectivity index (χ4v) is 4.27. The third-order valence-corrected chi connectivity index (χ3v) is 5.89. The summed E-state index contributed by atoms with van der Waals surface area (Å²) < 4.78 is 16.6. The van der Waals surface area contributed by atoms with Crippen molar-refractivity contribution in [3.05, 3.63) is 18.2 Å². The molecule has 4 N–H and O–H groups in total. The van der Waals surface area contributed by atoms with Gasteiger partial charge in [-0.15, -0.1) is 0 Å². The normalized spacial score (nSPS) is 27.0. The van der Waals surface area contributed by atoms with E-state index in [1.54, 1.807) is 0 Å². The van der Waals surface area contributed by atoms with Crippen molar-refractivity contribution in [2.24, 2.45) is 22.6 Å². The molecule has 1 saturated heterocycles. The van der Waals surface area contributed by atoms with Gasteiger partial charge < -0.3 is 30.6 Å². The van der Waals surface area contributed by atoms with Gasteiger partial charge in [-0.3, -0.25) is 4.99 Å². The van der Waals surface area contributed by atoms with Gasteiger partial charge in [-0.05, 0) is 62.6 Å². The van der Waals surface area contributed by atoms with Crippen LogP contribution in [0.5, 0.6) is 11.5 Å². The maximum atomic E-state index is 5.89. The summed E-state index contributed by atoms with van der Waals surface area (Å²) in [6.07, 6.45) is 7.45. The van der Waals surface area contributed by atoms with Crippen molar-refractivity contribution in [3.63, 3.8) is 0 Å². The van der Waals surface area contributed by atoms with Crippen LogP contribution in [0.3, 0.4) is 0 Å². The highest BCUT2D eigenvalue weighted by Crippen LogP contribution is 2.34. The largest absolute Gasteiger partial charge is 0.454 e. The van der Waals surface area contributed by atoms with Crippen LogP contribution in [-0.4, -0.2) is 45.1 Å². The summed E-state index contributed by atoms with van der Waals surface area (Å²) in [6, 6.07) is 5.87. The standard InChI is InChI=1S/C21H32N4O3/c22-11-15-3-1-4-16(9-15)12-23-21(24-13-18-5-2-8-26-18)25-17-6-7-19-20(10-17)28-14-27-19/h6-7,10,15-16,18H,1-5,8-9,11-14,22H2,(H2,23,24,25). The van der Waals surface area contributed by atoms with Gasteiger partial charge in [0.2, 0.25) is 6.79 Å². The number of rotatable bonds is 6. The minimum Gasteiger partial charge on any atom is -0.454 e. The van der Waals surface area contributed by atoms with E-state index in [1.165, 1.54) is 25.7 Å². The second kappa shape index (κ2) is 9.47. The number of ether oxygens (including phenoxy) is 3. The fraction of sp³-hybridized carbons (Fsp3) is 0.667. The highest BCUT2D eigenvalue weighted by molar-refractivity contribution is 5.94. The fourth-order valence-electron chi connectivity index (χ4n) is 4.27. The third-order valence-electron chi connectivity index (χ3n) is 5.89. The van der Waals surface area contributed by atoms with Crippen LogP contribution in [0.15, 0.2) is 23.2 Å². The van der Waals surface area contributed by atoms with E-state index in [0.717, 1.165) is 62.2 Å². The first kappa shape index (κ1) is 19.3. The Balaban J connectivity index is 1.40. The van der Waals surface area contributed by atoms with Crippen LogP contribution < -0.4 is 25.8 Å². The summed E-state index contributed by atoms with van der Waals surface area (Å²) >= 11 is 0. The van der Waals surface area contributed by atoms with E-state index in [1.807, 2.05) is 18.2 Å². The maximum absolute atomic E-state index is 5.89. The zero-order valence-corrected chi connectivity index (χ0v) is 16.5. The number of guanidine groups is 1. The number of hydrogen-bond acceptors (Lipinski definition) is 5. The van der Waals surface area contributed by atoms with Gasteiger partial charge >= 0.3 is 0 Å². The van der Waals surface area contributed by atoms with Crippen LogP contribution in [0, 0.1) is 11.8 Å². The molecule has 0 amide bonds. The molecule has 1 aromatic rings. The Labute approximate surface area is 167 Å². The lowest BCUT2D eigenvalue weighted by molar-refractivity contribution is 0.114. The highest BCUT2D eigenvalue weighted by Gasteiger charge is 2.21. The lowest BCUT2D eigenvalue weighted by Crippen LogP contribution is -2.37. The number of nitrogens with one attached hydrogen (secondary N) is 2. The van der Waals surface area contributed by atoms with E-state index >= 15 is 0 Å². The molecular formula is C21H32N4O3. The van der Waals surface area contributed by atoms with Crippen molar-refractivity contribution in [1.29, 1.82) is 0 Å². The number of fused-ring (bicyclic) bond motifs is 1. The van der Waals surface area contributed by atoms with E-state index in [0.29, 0.717) is 11.8 Å². The predicted octanol–water partition coefficient (Wildman–Crippen LogP) is 2.72. The first-order valence-electron chi connectivity index (χ1n) is 10.6. The van der Waals surface area contributed by atoms with Gasteiger partial charge in [0.25, 0.3) is 0 Å². The summed E-state index contributed by atoms with van der Waals surface area (Å²) in [6.45, 7) is 3.52. The Morgan fingerprint density at radius 3 is 2.86 bits per heavy atom.